The Hall–Kier alpha value is -11.4. The molecule has 4 aromatic carbocycles. The second kappa shape index (κ2) is 29.5. The summed E-state index contributed by atoms with van der Waals surface area (Å²) in [6.45, 7) is 13.1. The van der Waals surface area contributed by atoms with Crippen LogP contribution in [0.3, 0.4) is 0 Å². The molecule has 19 heteroatoms. The van der Waals surface area contributed by atoms with Crippen molar-refractivity contribution in [2.45, 2.75) is 115 Å². The van der Waals surface area contributed by atoms with Crippen LogP contribution in [-0.2, 0) is 49.3 Å². The lowest BCUT2D eigenvalue weighted by molar-refractivity contribution is -0.121. The zero-order valence-corrected chi connectivity index (χ0v) is 58.6. The van der Waals surface area contributed by atoms with E-state index in [1.165, 1.54) is 5.57 Å². The van der Waals surface area contributed by atoms with Crippen LogP contribution < -0.4 is 24.3 Å². The van der Waals surface area contributed by atoms with E-state index in [0.717, 1.165) is 206 Å². The molecular weight excluding hydrogens is 1300 g/mol. The monoisotopic (exact) mass is 1380 g/mol. The average molecular weight is 1380 g/mol. The zero-order chi connectivity index (χ0) is 71.5. The number of aliphatic hydroxyl groups is 1. The van der Waals surface area contributed by atoms with E-state index in [1.54, 1.807) is 38.9 Å². The summed E-state index contributed by atoms with van der Waals surface area (Å²) in [6.07, 6.45) is 32.0. The molecule has 522 valence electrons. The zero-order valence-electron chi connectivity index (χ0n) is 58.6. The van der Waals surface area contributed by atoms with E-state index in [-0.39, 0.29) is 24.1 Å². The fourth-order valence-corrected chi connectivity index (χ4v) is 14.3. The molecule has 7 aliphatic rings. The molecule has 0 radical (unpaired) electrons. The number of fused-ring (bicyclic) bond motifs is 5. The predicted molar refractivity (Wildman–Crippen MR) is 398 cm³/mol. The number of rotatable bonds is 13. The van der Waals surface area contributed by atoms with Gasteiger partial charge in [-0.25, -0.2) is 24.9 Å². The summed E-state index contributed by atoms with van der Waals surface area (Å²) in [5.74, 6) is 8.56. The molecule has 6 aromatic heterocycles. The van der Waals surface area contributed by atoms with Crippen LogP contribution in [-0.4, -0.2) is 122 Å². The largest absolute Gasteiger partial charge is 0.489 e. The second-order valence-corrected chi connectivity index (χ2v) is 27.9. The van der Waals surface area contributed by atoms with Crippen LogP contribution in [0.1, 0.15) is 133 Å². The maximum atomic E-state index is 12.5. The molecule has 0 bridgehead atoms. The molecule has 0 amide bonds. The number of nitrogens with one attached hydrogen (secondary N) is 2. The van der Waals surface area contributed by atoms with E-state index in [0.29, 0.717) is 62.3 Å². The summed E-state index contributed by atoms with van der Waals surface area (Å²) in [5, 5.41) is 24.2. The van der Waals surface area contributed by atoms with Crippen molar-refractivity contribution in [2.75, 3.05) is 58.1 Å². The van der Waals surface area contributed by atoms with Crippen molar-refractivity contribution < 1.29 is 43.1 Å². The van der Waals surface area contributed by atoms with Gasteiger partial charge < -0.3 is 48.6 Å². The van der Waals surface area contributed by atoms with Crippen molar-refractivity contribution in [1.29, 1.82) is 5.26 Å². The number of ketones is 1. The third-order valence-electron chi connectivity index (χ3n) is 20.2. The first-order valence-electron chi connectivity index (χ1n) is 35.4. The number of carbonyl (C=O) groups excluding carboxylic acids is 1. The minimum atomic E-state index is -0.991. The fourth-order valence-electron chi connectivity index (χ4n) is 14.3. The van der Waals surface area contributed by atoms with E-state index in [1.807, 2.05) is 98.9 Å². The van der Waals surface area contributed by atoms with Crippen LogP contribution >= 0.6 is 0 Å². The molecule has 3 fully saturated rings. The van der Waals surface area contributed by atoms with Gasteiger partial charge in [-0.1, -0.05) is 30.0 Å². The number of ether oxygens (including phenoxy) is 7. The quantitative estimate of drug-likeness (QED) is 0.0908. The number of Topliss-reactive ketones (excluding diaryl/α,β-unsaturated/α-hetero) is 1. The summed E-state index contributed by atoms with van der Waals surface area (Å²) in [6, 6.07) is 36.0. The van der Waals surface area contributed by atoms with Gasteiger partial charge in [-0.2, -0.15) is 5.26 Å². The highest BCUT2D eigenvalue weighted by molar-refractivity contribution is 5.99. The number of pyridine rings is 3. The number of hydrogen-bond acceptors (Lipinski definition) is 18. The summed E-state index contributed by atoms with van der Waals surface area (Å²) in [5.41, 5.74) is 20.9. The van der Waals surface area contributed by atoms with Gasteiger partial charge in [-0.3, -0.25) is 14.8 Å². The lowest BCUT2D eigenvalue weighted by Gasteiger charge is -2.24. The third kappa shape index (κ3) is 14.4. The van der Waals surface area contributed by atoms with Crippen molar-refractivity contribution in [3.63, 3.8) is 0 Å². The standard InChI is InChI=1S/C31H28N2O3.C27H24N4O3.C27H26N4O3/c1-4-19-13-21(6-8-28(19)36-24-9-11-35-12-10-24)30-25-15-22(16-27(25)32-18-33-30)20-5-7-26-23(14-20)17-29(34)31(26,2)3;1-2-17-11-18(3-4-25(17)34-21-5-8-32-9-6-21)26-22-12-19(13-23(22)30-16-31-26)20-14-24-27(29-15-20)33-10-7-28-24;1-27(2,32)25-6-4-18(16-30-25)23-14-21-22(31-23)7-10-29-26(21)17-3-5-24(19(13-17)15-28)34-20-8-11-33-12-9-20/h1,5-8,13-15,18,24H,9-12,16-17H2,2-3H3;1,3-4,11-12,14-16,21,28H,5-10,13H2;3-7,10,13-14,16,20,31-32H,8-9,11-12H2,1-2H3. The highest BCUT2D eigenvalue weighted by Gasteiger charge is 2.38. The topological polar surface area (TPSA) is 244 Å². The number of carbonyl (C=O) groups is 1. The van der Waals surface area contributed by atoms with E-state index < -0.39 is 11.0 Å². The highest BCUT2D eigenvalue weighted by atomic mass is 16.5. The van der Waals surface area contributed by atoms with Gasteiger partial charge in [-0.05, 0) is 158 Å². The molecule has 0 spiro atoms. The number of aromatic nitrogens is 8. The third-order valence-corrected chi connectivity index (χ3v) is 20.2. The maximum Gasteiger partial charge on any atom is 0.237 e. The number of anilines is 1. The summed E-state index contributed by atoms with van der Waals surface area (Å²) in [4.78, 5) is 47.8. The molecule has 0 unspecified atom stereocenters. The molecule has 0 saturated carbocycles. The Kier molecular flexibility index (Phi) is 19.4. The normalized spacial score (nSPS) is 16.7. The first kappa shape index (κ1) is 68.4. The first-order chi connectivity index (χ1) is 50.6. The molecule has 0 atom stereocenters. The number of hydrogen-bond donors (Lipinski definition) is 3. The Bertz CT molecular complexity index is 5150. The molecule has 3 N–H and O–H groups in total. The molecule has 10 heterocycles. The van der Waals surface area contributed by atoms with Gasteiger partial charge in [0.25, 0.3) is 0 Å². The smallest absolute Gasteiger partial charge is 0.237 e. The number of benzene rings is 4. The Balaban J connectivity index is 0.000000126. The van der Waals surface area contributed by atoms with E-state index >= 15 is 0 Å². The average Bonchev–Trinajstić information content (AvgIpc) is 1.61. The van der Waals surface area contributed by atoms with Crippen LogP contribution in [0.25, 0.3) is 79.2 Å². The molecular formula is C85H78N10O9. The van der Waals surface area contributed by atoms with E-state index in [9.17, 15) is 15.2 Å². The van der Waals surface area contributed by atoms with Gasteiger partial charge in [-0.15, -0.1) is 12.8 Å². The number of nitriles is 1. The number of terminal acetylenes is 2. The van der Waals surface area contributed by atoms with E-state index in [4.69, 9.17) is 46.0 Å². The molecule has 10 aromatic rings. The minimum absolute atomic E-state index is 0.0666. The lowest BCUT2D eigenvalue weighted by atomic mass is 9.85. The van der Waals surface area contributed by atoms with E-state index in [2.05, 4.69) is 99.5 Å². The van der Waals surface area contributed by atoms with Gasteiger partial charge in [0.05, 0.1) is 96.2 Å². The van der Waals surface area contributed by atoms with Gasteiger partial charge in [0.1, 0.15) is 72.3 Å². The molecule has 104 heavy (non-hydrogen) atoms. The second-order valence-electron chi connectivity index (χ2n) is 27.9. The molecule has 19 nitrogen and oxygen atoms in total. The Labute approximate surface area is 604 Å². The number of H-pyrrole nitrogens is 1. The van der Waals surface area contributed by atoms with Gasteiger partial charge in [0.2, 0.25) is 5.88 Å². The first-order valence-corrected chi connectivity index (χ1v) is 35.4. The van der Waals surface area contributed by atoms with Crippen molar-refractivity contribution >= 4 is 45.7 Å². The van der Waals surface area contributed by atoms with Crippen molar-refractivity contribution in [3.05, 3.63) is 202 Å². The predicted octanol–water partition coefficient (Wildman–Crippen LogP) is 14.1. The van der Waals surface area contributed by atoms with Crippen molar-refractivity contribution in [3.8, 4) is 98.9 Å². The highest BCUT2D eigenvalue weighted by Crippen LogP contribution is 2.43. The van der Waals surface area contributed by atoms with Gasteiger partial charge in [0.15, 0.2) is 0 Å². The Morgan fingerprint density at radius 2 is 1.10 bits per heavy atom. The van der Waals surface area contributed by atoms with Crippen LogP contribution in [0.2, 0.25) is 0 Å². The van der Waals surface area contributed by atoms with Crippen LogP contribution in [0, 0.1) is 36.0 Å². The summed E-state index contributed by atoms with van der Waals surface area (Å²) in [7, 11) is 0. The van der Waals surface area contributed by atoms with Crippen LogP contribution in [0.15, 0.2) is 134 Å². The molecule has 17 rings (SSSR count). The molecule has 4 aliphatic heterocycles. The van der Waals surface area contributed by atoms with Crippen LogP contribution in [0.4, 0.5) is 5.69 Å². The van der Waals surface area contributed by atoms with Crippen LogP contribution in [0.5, 0.6) is 23.1 Å². The number of allylic oxidation sites excluding steroid dienone is 2. The number of aromatic amines is 1. The molecule has 3 aliphatic carbocycles. The van der Waals surface area contributed by atoms with Gasteiger partial charge >= 0.3 is 0 Å². The maximum absolute atomic E-state index is 12.5. The van der Waals surface area contributed by atoms with Gasteiger partial charge in [0, 0.05) is 138 Å². The lowest BCUT2D eigenvalue weighted by Crippen LogP contribution is -2.26. The van der Waals surface area contributed by atoms with Crippen molar-refractivity contribution in [1.82, 2.24) is 39.9 Å². The van der Waals surface area contributed by atoms with Crippen molar-refractivity contribution in [2.24, 2.45) is 0 Å². The number of nitrogens with zero attached hydrogens (tertiary/aromatic N) is 8. The summed E-state index contributed by atoms with van der Waals surface area (Å²) >= 11 is 0. The molecule has 3 saturated heterocycles. The fraction of sp³-hybridized carbons (Fsp3) is 0.306. The Morgan fingerprint density at radius 3 is 1.64 bits per heavy atom. The summed E-state index contributed by atoms with van der Waals surface area (Å²) < 4.78 is 40.4. The SMILES string of the molecule is C#Cc1cc(-c2ncnc3c2C=C(c2ccc4c(c2)CC(=O)C4(C)C)C3)ccc1OC1CCOCC1.C#Cc1cc(-c2ncnc3c2C=C(c2cnc4c(c2)NCCO4)C3)ccc1OC1CCOCC1.CC(C)(O)c1ccc(-c2cc3c(-c4ccc(OC5CCOCC5)c(C#N)c4)nccc3[nH]2)cn1. The minimum Gasteiger partial charge on any atom is -0.489 e. The Morgan fingerprint density at radius 1 is 0.567 bits per heavy atom.